The van der Waals surface area contributed by atoms with Gasteiger partial charge in [-0.15, -0.1) is 0 Å². The quantitative estimate of drug-likeness (QED) is 0.856. The molecule has 0 bridgehead atoms. The molecule has 0 aliphatic carbocycles. The van der Waals surface area contributed by atoms with E-state index in [-0.39, 0.29) is 11.3 Å². The molecule has 1 aromatic carbocycles. The number of hydrogen-bond acceptors (Lipinski definition) is 5. The Morgan fingerprint density at radius 2 is 1.86 bits per heavy atom. The highest BCUT2D eigenvalue weighted by Gasteiger charge is 2.19. The summed E-state index contributed by atoms with van der Waals surface area (Å²) in [5, 5.41) is 9.83. The summed E-state index contributed by atoms with van der Waals surface area (Å²) in [4.78, 5) is 24.1. The van der Waals surface area contributed by atoms with E-state index >= 15 is 0 Å². The van der Waals surface area contributed by atoms with Crippen LogP contribution in [0.15, 0.2) is 29.1 Å². The third-order valence-electron chi connectivity index (χ3n) is 3.51. The predicted molar refractivity (Wildman–Crippen MR) is 79.4 cm³/mol. The molecule has 0 atom stereocenters. The van der Waals surface area contributed by atoms with Gasteiger partial charge in [-0.05, 0) is 26.0 Å². The Kier molecular flexibility index (Phi) is 3.36. The standard InChI is InChI=1S/C16H15NO5/c1-9-7-12(19)15(10(2)18)16(20)17(9)11-3-4-13-14(8-11)22-6-5-21-13/h3-4,7-8,19H,5-6H2,1-2H3. The molecule has 6 nitrogen and oxygen atoms in total. The normalized spacial score (nSPS) is 13.0. The minimum Gasteiger partial charge on any atom is -0.507 e. The van der Waals surface area contributed by atoms with Gasteiger partial charge in [0.25, 0.3) is 5.56 Å². The Labute approximate surface area is 126 Å². The number of carbonyl (C=O) groups is 1. The van der Waals surface area contributed by atoms with Gasteiger partial charge >= 0.3 is 0 Å². The van der Waals surface area contributed by atoms with Crippen LogP contribution in [0.4, 0.5) is 0 Å². The average Bonchev–Trinajstić information content (AvgIpc) is 2.46. The maximum absolute atomic E-state index is 12.5. The molecule has 0 radical (unpaired) electrons. The van der Waals surface area contributed by atoms with Crippen LogP contribution in [0.2, 0.25) is 0 Å². The predicted octanol–water partition coefficient (Wildman–Crippen LogP) is 1.83. The van der Waals surface area contributed by atoms with Crippen LogP contribution in [0, 0.1) is 6.92 Å². The van der Waals surface area contributed by atoms with Crippen molar-refractivity contribution in [2.45, 2.75) is 13.8 Å². The maximum Gasteiger partial charge on any atom is 0.269 e. The highest BCUT2D eigenvalue weighted by atomic mass is 16.6. The maximum atomic E-state index is 12.5. The minimum absolute atomic E-state index is 0.222. The van der Waals surface area contributed by atoms with E-state index in [0.29, 0.717) is 36.1 Å². The minimum atomic E-state index is -0.554. The van der Waals surface area contributed by atoms with Gasteiger partial charge in [0.2, 0.25) is 0 Å². The number of Topliss-reactive ketones (excluding diaryl/α,β-unsaturated/α-hetero) is 1. The van der Waals surface area contributed by atoms with E-state index in [2.05, 4.69) is 0 Å². The molecular formula is C16H15NO5. The molecule has 114 valence electrons. The first-order valence-electron chi connectivity index (χ1n) is 6.85. The number of hydrogen-bond donors (Lipinski definition) is 1. The van der Waals surface area contributed by atoms with E-state index in [1.807, 2.05) is 0 Å². The van der Waals surface area contributed by atoms with E-state index in [9.17, 15) is 14.7 Å². The largest absolute Gasteiger partial charge is 0.507 e. The summed E-state index contributed by atoms with van der Waals surface area (Å²) in [7, 11) is 0. The summed E-state index contributed by atoms with van der Waals surface area (Å²) in [6.07, 6.45) is 0. The number of pyridine rings is 1. The summed E-state index contributed by atoms with van der Waals surface area (Å²) in [5.74, 6) is 0.386. The third kappa shape index (κ3) is 2.22. The van der Waals surface area contributed by atoms with Crippen molar-refractivity contribution in [2.24, 2.45) is 0 Å². The van der Waals surface area contributed by atoms with Crippen LogP contribution in [0.3, 0.4) is 0 Å². The number of aromatic hydroxyl groups is 1. The molecule has 3 rings (SSSR count). The molecule has 1 aliphatic rings. The number of rotatable bonds is 2. The fourth-order valence-electron chi connectivity index (χ4n) is 2.54. The van der Waals surface area contributed by atoms with Crippen LogP contribution >= 0.6 is 0 Å². The van der Waals surface area contributed by atoms with Gasteiger partial charge in [-0.1, -0.05) is 0 Å². The topological polar surface area (TPSA) is 77.8 Å². The number of carbonyl (C=O) groups excluding carboxylic acids is 1. The molecule has 6 heteroatoms. The lowest BCUT2D eigenvalue weighted by atomic mass is 10.1. The first kappa shape index (κ1) is 14.2. The van der Waals surface area contributed by atoms with Gasteiger partial charge in [0.1, 0.15) is 24.5 Å². The van der Waals surface area contributed by atoms with Crippen molar-refractivity contribution in [1.29, 1.82) is 0 Å². The molecule has 0 saturated heterocycles. The fourth-order valence-corrected chi connectivity index (χ4v) is 2.54. The Balaban J connectivity index is 2.22. The molecule has 0 amide bonds. The lowest BCUT2D eigenvalue weighted by Crippen LogP contribution is -2.26. The number of fused-ring (bicyclic) bond motifs is 1. The number of aromatic nitrogens is 1. The Hall–Kier alpha value is -2.76. The first-order valence-corrected chi connectivity index (χ1v) is 6.85. The van der Waals surface area contributed by atoms with Crippen LogP contribution in [0.5, 0.6) is 17.2 Å². The molecule has 0 spiro atoms. The average molecular weight is 301 g/mol. The molecule has 0 fully saturated rings. The van der Waals surface area contributed by atoms with E-state index in [1.165, 1.54) is 17.6 Å². The zero-order valence-corrected chi connectivity index (χ0v) is 12.3. The molecule has 2 aromatic rings. The van der Waals surface area contributed by atoms with Gasteiger partial charge in [-0.25, -0.2) is 0 Å². The van der Waals surface area contributed by atoms with Crippen molar-refractivity contribution in [2.75, 3.05) is 13.2 Å². The number of benzene rings is 1. The fraction of sp³-hybridized carbons (Fsp3) is 0.250. The van der Waals surface area contributed by atoms with Crippen molar-refractivity contribution < 1.29 is 19.4 Å². The molecule has 1 aromatic heterocycles. The smallest absolute Gasteiger partial charge is 0.269 e. The number of ether oxygens (including phenoxy) is 2. The van der Waals surface area contributed by atoms with Crippen molar-refractivity contribution >= 4 is 5.78 Å². The second-order valence-electron chi connectivity index (χ2n) is 5.07. The van der Waals surface area contributed by atoms with E-state index in [1.54, 1.807) is 25.1 Å². The third-order valence-corrected chi connectivity index (χ3v) is 3.51. The van der Waals surface area contributed by atoms with E-state index < -0.39 is 11.3 Å². The molecule has 1 aliphatic heterocycles. The van der Waals surface area contributed by atoms with Gasteiger partial charge in [-0.2, -0.15) is 0 Å². The first-order chi connectivity index (χ1) is 10.5. The van der Waals surface area contributed by atoms with Gasteiger partial charge in [0.05, 0.1) is 5.69 Å². The van der Waals surface area contributed by atoms with Crippen LogP contribution < -0.4 is 15.0 Å². The molecule has 2 heterocycles. The van der Waals surface area contributed by atoms with E-state index in [4.69, 9.17) is 9.47 Å². The highest BCUT2D eigenvalue weighted by Crippen LogP contribution is 2.32. The van der Waals surface area contributed by atoms with Crippen molar-refractivity contribution in [3.8, 4) is 22.9 Å². The van der Waals surface area contributed by atoms with Gasteiger partial charge in [0.15, 0.2) is 17.3 Å². The molecule has 22 heavy (non-hydrogen) atoms. The van der Waals surface area contributed by atoms with Crippen LogP contribution in [0.1, 0.15) is 23.0 Å². The summed E-state index contributed by atoms with van der Waals surface area (Å²) < 4.78 is 12.3. The van der Waals surface area contributed by atoms with Crippen molar-refractivity contribution in [3.63, 3.8) is 0 Å². The number of nitrogens with zero attached hydrogens (tertiary/aromatic N) is 1. The van der Waals surface area contributed by atoms with Gasteiger partial charge in [-0.3, -0.25) is 14.2 Å². The monoisotopic (exact) mass is 301 g/mol. The lowest BCUT2D eigenvalue weighted by molar-refractivity contribution is 0.101. The van der Waals surface area contributed by atoms with Gasteiger partial charge in [0, 0.05) is 17.8 Å². The Morgan fingerprint density at radius 3 is 2.55 bits per heavy atom. The summed E-state index contributed by atoms with van der Waals surface area (Å²) in [6.45, 7) is 3.86. The summed E-state index contributed by atoms with van der Waals surface area (Å²) in [6, 6.07) is 6.51. The zero-order valence-electron chi connectivity index (χ0n) is 12.3. The highest BCUT2D eigenvalue weighted by molar-refractivity contribution is 5.96. The van der Waals surface area contributed by atoms with Crippen LogP contribution in [0.25, 0.3) is 5.69 Å². The van der Waals surface area contributed by atoms with Gasteiger partial charge < -0.3 is 14.6 Å². The summed E-state index contributed by atoms with van der Waals surface area (Å²) >= 11 is 0. The second kappa shape index (κ2) is 5.22. The molecule has 0 unspecified atom stereocenters. The van der Waals surface area contributed by atoms with Crippen molar-refractivity contribution in [3.05, 3.63) is 45.9 Å². The van der Waals surface area contributed by atoms with Crippen LogP contribution in [-0.4, -0.2) is 28.7 Å². The Morgan fingerprint density at radius 1 is 1.18 bits per heavy atom. The molecule has 1 N–H and O–H groups in total. The van der Waals surface area contributed by atoms with Crippen molar-refractivity contribution in [1.82, 2.24) is 4.57 Å². The number of ketones is 1. The summed E-state index contributed by atoms with van der Waals surface area (Å²) in [5.41, 5.74) is 0.292. The van der Waals surface area contributed by atoms with Crippen LogP contribution in [-0.2, 0) is 0 Å². The van der Waals surface area contributed by atoms with E-state index in [0.717, 1.165) is 0 Å². The number of aryl methyl sites for hydroxylation is 1. The lowest BCUT2D eigenvalue weighted by Gasteiger charge is -2.20. The zero-order chi connectivity index (χ0) is 15.9. The second-order valence-corrected chi connectivity index (χ2v) is 5.07. The molecular weight excluding hydrogens is 286 g/mol. The SMILES string of the molecule is CC(=O)c1c(O)cc(C)n(-c2ccc3c(c2)OCCO3)c1=O. The molecule has 0 saturated carbocycles. The Bertz CT molecular complexity index is 822.